The fraction of sp³-hybridized carbons (Fsp3) is 0.333. The van der Waals surface area contributed by atoms with Gasteiger partial charge in [0.15, 0.2) is 0 Å². The highest BCUT2D eigenvalue weighted by molar-refractivity contribution is 5.43. The second kappa shape index (κ2) is 5.82. The van der Waals surface area contributed by atoms with Crippen LogP contribution < -0.4 is 0 Å². The topological polar surface area (TPSA) is 28.0 Å². The van der Waals surface area contributed by atoms with Crippen LogP contribution in [0.25, 0.3) is 0 Å². The van der Waals surface area contributed by atoms with Crippen molar-refractivity contribution in [2.45, 2.75) is 13.8 Å². The Bertz CT molecular complexity index is 355. The van der Waals surface area contributed by atoms with E-state index in [1.807, 2.05) is 43.1 Å². The summed E-state index contributed by atoms with van der Waals surface area (Å²) >= 11 is 0. The smallest absolute Gasteiger partial charge is 0.0875 e. The van der Waals surface area contributed by atoms with Crippen LogP contribution >= 0.6 is 0 Å². The van der Waals surface area contributed by atoms with E-state index in [0.717, 1.165) is 24.3 Å². The minimum absolute atomic E-state index is 0.820. The molecule has 0 saturated heterocycles. The highest BCUT2D eigenvalue weighted by atomic mass is 15.5. The van der Waals surface area contributed by atoms with E-state index >= 15 is 0 Å². The third-order valence-electron chi connectivity index (χ3n) is 2.05. The van der Waals surface area contributed by atoms with Crippen molar-refractivity contribution in [1.82, 2.24) is 5.01 Å². The predicted molar refractivity (Wildman–Crippen MR) is 61.8 cm³/mol. The molecule has 78 valence electrons. The normalized spacial score (nSPS) is 10.2. The fourth-order valence-corrected chi connectivity index (χ4v) is 1.09. The van der Waals surface area contributed by atoms with Gasteiger partial charge in [0.2, 0.25) is 0 Å². The lowest BCUT2D eigenvalue weighted by Crippen LogP contribution is -2.14. The first-order valence-electron chi connectivity index (χ1n) is 5.03. The van der Waals surface area contributed by atoms with E-state index in [4.69, 9.17) is 6.42 Å². The third kappa shape index (κ3) is 3.43. The molecule has 0 aliphatic rings. The zero-order valence-electron chi connectivity index (χ0n) is 9.14. The van der Waals surface area contributed by atoms with E-state index in [0.29, 0.717) is 0 Å². The molecule has 0 atom stereocenters. The molecule has 0 N–H and O–H groups in total. The van der Waals surface area contributed by atoms with Crippen molar-refractivity contribution in [3.63, 3.8) is 0 Å². The lowest BCUT2D eigenvalue weighted by molar-refractivity contribution is 0.301. The summed E-state index contributed by atoms with van der Waals surface area (Å²) in [5.41, 5.74) is 1.68. The summed E-state index contributed by atoms with van der Waals surface area (Å²) in [6, 6.07) is 7.44. The molecule has 0 radical (unpaired) electrons. The molecule has 0 aromatic heterocycles. The molecule has 0 heterocycles. The first kappa shape index (κ1) is 11.3. The minimum Gasteiger partial charge on any atom is -0.279 e. The average molecular weight is 201 g/mol. The number of benzene rings is 1. The molecule has 0 unspecified atom stereocenters. The van der Waals surface area contributed by atoms with E-state index < -0.39 is 0 Å². The van der Waals surface area contributed by atoms with E-state index in [1.165, 1.54) is 0 Å². The second-order valence-corrected chi connectivity index (χ2v) is 3.02. The molecule has 0 aliphatic carbocycles. The van der Waals surface area contributed by atoms with Gasteiger partial charge in [0, 0.05) is 18.7 Å². The molecule has 3 nitrogen and oxygen atoms in total. The molecule has 1 aromatic rings. The Morgan fingerprint density at radius 2 is 1.80 bits per heavy atom. The summed E-state index contributed by atoms with van der Waals surface area (Å²) in [6.45, 7) is 5.82. The molecule has 1 rings (SSSR count). The van der Waals surface area contributed by atoms with Crippen molar-refractivity contribution in [3.05, 3.63) is 29.8 Å². The molecule has 3 heteroatoms. The predicted octanol–water partition coefficient (Wildman–Crippen LogP) is 3.01. The van der Waals surface area contributed by atoms with Crippen LogP contribution in [0.15, 0.2) is 34.6 Å². The number of nitrogens with zero attached hydrogens (tertiary/aromatic N) is 3. The molecule has 0 amide bonds. The van der Waals surface area contributed by atoms with Crippen LogP contribution in [0, 0.1) is 12.3 Å². The van der Waals surface area contributed by atoms with Gasteiger partial charge in [-0.3, -0.25) is 5.01 Å². The maximum Gasteiger partial charge on any atom is 0.0875 e. The largest absolute Gasteiger partial charge is 0.279 e. The summed E-state index contributed by atoms with van der Waals surface area (Å²) < 4.78 is 0. The Balaban J connectivity index is 2.68. The maximum absolute atomic E-state index is 5.25. The van der Waals surface area contributed by atoms with Crippen LogP contribution in [0.1, 0.15) is 19.4 Å². The van der Waals surface area contributed by atoms with Gasteiger partial charge in [-0.1, -0.05) is 11.1 Å². The molecule has 0 bridgehead atoms. The first-order chi connectivity index (χ1) is 7.30. The Kier molecular flexibility index (Phi) is 4.36. The van der Waals surface area contributed by atoms with Crippen molar-refractivity contribution in [3.8, 4) is 12.3 Å². The van der Waals surface area contributed by atoms with Crippen LogP contribution in [-0.2, 0) is 0 Å². The van der Waals surface area contributed by atoms with Crippen LogP contribution in [0.3, 0.4) is 0 Å². The zero-order chi connectivity index (χ0) is 11.1. The lowest BCUT2D eigenvalue weighted by Gasteiger charge is -2.10. The Morgan fingerprint density at radius 1 is 1.20 bits per heavy atom. The van der Waals surface area contributed by atoms with E-state index in [2.05, 4.69) is 16.3 Å². The highest BCUT2D eigenvalue weighted by Crippen LogP contribution is 2.13. The minimum atomic E-state index is 0.820. The molecular weight excluding hydrogens is 186 g/mol. The summed E-state index contributed by atoms with van der Waals surface area (Å²) in [6.07, 6.45) is 5.25. The number of hydrogen-bond donors (Lipinski definition) is 0. The van der Waals surface area contributed by atoms with Crippen molar-refractivity contribution >= 4 is 5.69 Å². The molecule has 0 fully saturated rings. The van der Waals surface area contributed by atoms with Crippen molar-refractivity contribution in [1.29, 1.82) is 0 Å². The fourth-order valence-electron chi connectivity index (χ4n) is 1.09. The quantitative estimate of drug-likeness (QED) is 0.418. The van der Waals surface area contributed by atoms with Crippen molar-refractivity contribution in [2.24, 2.45) is 10.3 Å². The molecule has 0 aliphatic heterocycles. The lowest BCUT2D eigenvalue weighted by atomic mass is 10.2. The standard InChI is InChI=1S/C12H15N3/c1-4-11-7-9-12(10-8-11)13-14-15(5-2)6-3/h1,7-10H,5-6H2,2-3H3/b14-13+. The SMILES string of the molecule is C#Cc1ccc(/N=N/N(CC)CC)cc1. The van der Waals surface area contributed by atoms with Crippen LogP contribution in [0.4, 0.5) is 5.69 Å². The van der Waals surface area contributed by atoms with Gasteiger partial charge >= 0.3 is 0 Å². The van der Waals surface area contributed by atoms with Crippen LogP contribution in [-0.4, -0.2) is 18.1 Å². The van der Waals surface area contributed by atoms with Gasteiger partial charge in [0.1, 0.15) is 0 Å². The van der Waals surface area contributed by atoms with Gasteiger partial charge in [-0.15, -0.1) is 11.5 Å². The average Bonchev–Trinajstić information content (AvgIpc) is 2.31. The molecule has 1 aromatic carbocycles. The monoisotopic (exact) mass is 201 g/mol. The van der Waals surface area contributed by atoms with Crippen LogP contribution in [0.2, 0.25) is 0 Å². The summed E-state index contributed by atoms with van der Waals surface area (Å²) in [5.74, 6) is 2.56. The molecule has 15 heavy (non-hydrogen) atoms. The zero-order valence-corrected chi connectivity index (χ0v) is 9.14. The van der Waals surface area contributed by atoms with Gasteiger partial charge in [-0.05, 0) is 38.1 Å². The summed E-state index contributed by atoms with van der Waals surface area (Å²) in [4.78, 5) is 0. The van der Waals surface area contributed by atoms with Gasteiger partial charge in [-0.25, -0.2) is 0 Å². The highest BCUT2D eigenvalue weighted by Gasteiger charge is 1.93. The van der Waals surface area contributed by atoms with E-state index in [9.17, 15) is 0 Å². The van der Waals surface area contributed by atoms with Gasteiger partial charge in [-0.2, -0.15) is 0 Å². The van der Waals surface area contributed by atoms with Gasteiger partial charge in [0.25, 0.3) is 0 Å². The third-order valence-corrected chi connectivity index (χ3v) is 2.05. The van der Waals surface area contributed by atoms with Crippen molar-refractivity contribution in [2.75, 3.05) is 13.1 Å². The molecule has 0 spiro atoms. The van der Waals surface area contributed by atoms with E-state index in [1.54, 1.807) is 0 Å². The van der Waals surface area contributed by atoms with Crippen LogP contribution in [0.5, 0.6) is 0 Å². The Morgan fingerprint density at radius 3 is 2.27 bits per heavy atom. The molecular formula is C12H15N3. The Labute approximate surface area is 90.8 Å². The molecule has 0 saturated carbocycles. The number of hydrogen-bond acceptors (Lipinski definition) is 2. The summed E-state index contributed by atoms with van der Waals surface area (Å²) in [5, 5.41) is 10.1. The van der Waals surface area contributed by atoms with E-state index in [-0.39, 0.29) is 0 Å². The Hall–Kier alpha value is -1.82. The first-order valence-corrected chi connectivity index (χ1v) is 5.03. The van der Waals surface area contributed by atoms with Crippen molar-refractivity contribution < 1.29 is 0 Å². The summed E-state index contributed by atoms with van der Waals surface area (Å²) in [7, 11) is 0. The maximum atomic E-state index is 5.25. The number of terminal acetylenes is 1. The van der Waals surface area contributed by atoms with Gasteiger partial charge < -0.3 is 0 Å². The second-order valence-electron chi connectivity index (χ2n) is 3.02. The van der Waals surface area contributed by atoms with Gasteiger partial charge in [0.05, 0.1) is 5.69 Å². The number of rotatable bonds is 4.